The zero-order chi connectivity index (χ0) is 17.4. The van der Waals surface area contributed by atoms with E-state index < -0.39 is 0 Å². The minimum Gasteiger partial charge on any atom is -0.389 e. The van der Waals surface area contributed by atoms with Gasteiger partial charge in [-0.25, -0.2) is 4.39 Å². The molecular weight excluding hydrogens is 301 g/mol. The molecule has 2 aromatic carbocycles. The molecule has 3 nitrogen and oxygen atoms in total. The molecule has 0 saturated heterocycles. The van der Waals surface area contributed by atoms with Crippen LogP contribution in [0.25, 0.3) is 11.8 Å². The number of rotatable bonds is 7. The van der Waals surface area contributed by atoms with Crippen molar-refractivity contribution in [2.45, 2.75) is 0 Å². The lowest BCUT2D eigenvalue weighted by atomic mass is 10.1. The van der Waals surface area contributed by atoms with Gasteiger partial charge in [0.15, 0.2) is 0 Å². The molecule has 0 aliphatic heterocycles. The highest BCUT2D eigenvalue weighted by Gasteiger charge is 1.98. The third-order valence-electron chi connectivity index (χ3n) is 3.32. The van der Waals surface area contributed by atoms with Crippen LogP contribution in [0, 0.1) is 5.82 Å². The van der Waals surface area contributed by atoms with Crippen molar-refractivity contribution in [3.63, 3.8) is 0 Å². The first-order valence-electron chi connectivity index (χ1n) is 7.47. The van der Waals surface area contributed by atoms with Gasteiger partial charge in [0.05, 0.1) is 11.9 Å². The topological polar surface area (TPSA) is 36.4 Å². The van der Waals surface area contributed by atoms with Gasteiger partial charge in [-0.2, -0.15) is 5.10 Å². The number of likely N-dealkylation sites (N-methyl/N-ethyl adjacent to an activating group) is 1. The summed E-state index contributed by atoms with van der Waals surface area (Å²) in [5.41, 5.74) is 7.18. The van der Waals surface area contributed by atoms with Gasteiger partial charge < -0.3 is 5.32 Å². The van der Waals surface area contributed by atoms with E-state index >= 15 is 0 Å². The van der Waals surface area contributed by atoms with E-state index in [0.717, 1.165) is 22.4 Å². The van der Waals surface area contributed by atoms with E-state index in [1.807, 2.05) is 43.5 Å². The van der Waals surface area contributed by atoms with Crippen molar-refractivity contribution in [3.05, 3.63) is 96.0 Å². The fourth-order valence-electron chi connectivity index (χ4n) is 1.91. The van der Waals surface area contributed by atoms with Crippen molar-refractivity contribution in [2.24, 2.45) is 5.10 Å². The summed E-state index contributed by atoms with van der Waals surface area (Å²) >= 11 is 0. The second-order valence-electron chi connectivity index (χ2n) is 5.13. The SMILES string of the molecule is C=C(/C=C/c1cccc(C(=C)N/N=C/c2ccc(F)cc2)c1)NC. The van der Waals surface area contributed by atoms with Gasteiger partial charge in [-0.1, -0.05) is 49.6 Å². The lowest BCUT2D eigenvalue weighted by Crippen LogP contribution is -2.03. The van der Waals surface area contributed by atoms with Crippen LogP contribution in [0.4, 0.5) is 4.39 Å². The average Bonchev–Trinajstić information content (AvgIpc) is 2.61. The maximum absolute atomic E-state index is 12.8. The summed E-state index contributed by atoms with van der Waals surface area (Å²) in [5, 5.41) is 7.09. The molecule has 122 valence electrons. The van der Waals surface area contributed by atoms with Gasteiger partial charge in [0.1, 0.15) is 5.82 Å². The van der Waals surface area contributed by atoms with E-state index in [1.165, 1.54) is 12.1 Å². The first kappa shape index (κ1) is 17.2. The predicted octanol–water partition coefficient (Wildman–Crippen LogP) is 4.17. The molecule has 2 aromatic rings. The van der Waals surface area contributed by atoms with Crippen molar-refractivity contribution in [2.75, 3.05) is 7.05 Å². The Balaban J connectivity index is 2.00. The number of allylic oxidation sites excluding steroid dienone is 1. The Labute approximate surface area is 141 Å². The Morgan fingerprint density at radius 3 is 2.54 bits per heavy atom. The van der Waals surface area contributed by atoms with Crippen LogP contribution in [0.2, 0.25) is 0 Å². The van der Waals surface area contributed by atoms with Gasteiger partial charge >= 0.3 is 0 Å². The molecule has 2 N–H and O–H groups in total. The summed E-state index contributed by atoms with van der Waals surface area (Å²) < 4.78 is 12.8. The van der Waals surface area contributed by atoms with E-state index in [2.05, 4.69) is 29.0 Å². The fraction of sp³-hybridized carbons (Fsp3) is 0.0500. The molecule has 0 aliphatic carbocycles. The third kappa shape index (κ3) is 5.25. The highest BCUT2D eigenvalue weighted by Crippen LogP contribution is 2.13. The van der Waals surface area contributed by atoms with Crippen molar-refractivity contribution in [3.8, 4) is 0 Å². The van der Waals surface area contributed by atoms with Crippen LogP contribution in [0.3, 0.4) is 0 Å². The predicted molar refractivity (Wildman–Crippen MR) is 99.8 cm³/mol. The van der Waals surface area contributed by atoms with Crippen molar-refractivity contribution < 1.29 is 4.39 Å². The normalized spacial score (nSPS) is 10.9. The zero-order valence-electron chi connectivity index (χ0n) is 13.6. The summed E-state index contributed by atoms with van der Waals surface area (Å²) in [7, 11) is 1.83. The second kappa shape index (κ2) is 8.48. The Hall–Kier alpha value is -3.14. The molecule has 0 spiro atoms. The maximum Gasteiger partial charge on any atom is 0.123 e. The molecule has 2 rings (SSSR count). The van der Waals surface area contributed by atoms with E-state index in [4.69, 9.17) is 0 Å². The van der Waals surface area contributed by atoms with Gasteiger partial charge in [-0.15, -0.1) is 0 Å². The number of benzene rings is 2. The molecular formula is C20H20FN3. The number of nitrogens with one attached hydrogen (secondary N) is 2. The minimum absolute atomic E-state index is 0.268. The molecule has 0 aliphatic rings. The molecule has 4 heteroatoms. The minimum atomic E-state index is -0.268. The highest BCUT2D eigenvalue weighted by molar-refractivity contribution is 5.80. The molecule has 0 radical (unpaired) electrons. The van der Waals surface area contributed by atoms with E-state index in [9.17, 15) is 4.39 Å². The molecule has 0 amide bonds. The second-order valence-corrected chi connectivity index (χ2v) is 5.13. The van der Waals surface area contributed by atoms with Crippen LogP contribution < -0.4 is 10.7 Å². The van der Waals surface area contributed by atoms with Gasteiger partial charge in [-0.05, 0) is 41.0 Å². The number of nitrogens with zero attached hydrogens (tertiary/aromatic N) is 1. The van der Waals surface area contributed by atoms with Crippen LogP contribution in [0.15, 0.2) is 78.6 Å². The molecule has 0 bridgehead atoms. The van der Waals surface area contributed by atoms with Crippen LogP contribution in [-0.4, -0.2) is 13.3 Å². The van der Waals surface area contributed by atoms with Gasteiger partial charge in [0, 0.05) is 12.7 Å². The van der Waals surface area contributed by atoms with E-state index in [-0.39, 0.29) is 5.82 Å². The molecule has 24 heavy (non-hydrogen) atoms. The van der Waals surface area contributed by atoms with E-state index in [0.29, 0.717) is 5.70 Å². The number of hydrogen-bond donors (Lipinski definition) is 2. The largest absolute Gasteiger partial charge is 0.389 e. The maximum atomic E-state index is 12.8. The van der Waals surface area contributed by atoms with Gasteiger partial charge in [0.25, 0.3) is 0 Å². The lowest BCUT2D eigenvalue weighted by molar-refractivity contribution is 0.628. The average molecular weight is 321 g/mol. The smallest absolute Gasteiger partial charge is 0.123 e. The number of hydrogen-bond acceptors (Lipinski definition) is 3. The standard InChI is InChI=1S/C20H20FN3/c1-15(22-3)7-8-17-5-4-6-19(13-17)16(2)24-23-14-18-9-11-20(21)12-10-18/h4-14,22,24H,1-2H2,3H3/b8-7+,23-14+. The van der Waals surface area contributed by atoms with Crippen molar-refractivity contribution in [1.82, 2.24) is 10.7 Å². The quantitative estimate of drug-likeness (QED) is 0.456. The van der Waals surface area contributed by atoms with Crippen LogP contribution in [-0.2, 0) is 0 Å². The summed E-state index contributed by atoms with van der Waals surface area (Å²) in [6, 6.07) is 14.0. The van der Waals surface area contributed by atoms with Crippen LogP contribution in [0.1, 0.15) is 16.7 Å². The Kier molecular flexibility index (Phi) is 6.08. The summed E-state index contributed by atoms with van der Waals surface area (Å²) in [6.07, 6.45) is 5.49. The lowest BCUT2D eigenvalue weighted by Gasteiger charge is -2.06. The first-order valence-corrected chi connectivity index (χ1v) is 7.47. The van der Waals surface area contributed by atoms with Crippen molar-refractivity contribution >= 4 is 18.0 Å². The Morgan fingerprint density at radius 1 is 1.08 bits per heavy atom. The van der Waals surface area contributed by atoms with Gasteiger partial charge in [-0.3, -0.25) is 5.43 Å². The summed E-state index contributed by atoms with van der Waals surface area (Å²) in [5.74, 6) is -0.268. The molecule has 0 unspecified atom stereocenters. The highest BCUT2D eigenvalue weighted by atomic mass is 19.1. The van der Waals surface area contributed by atoms with Gasteiger partial charge in [0.2, 0.25) is 0 Å². The molecule has 0 aromatic heterocycles. The van der Waals surface area contributed by atoms with E-state index in [1.54, 1.807) is 18.3 Å². The van der Waals surface area contributed by atoms with Crippen molar-refractivity contribution in [1.29, 1.82) is 0 Å². The molecule has 0 atom stereocenters. The Bertz CT molecular complexity index is 774. The third-order valence-corrected chi connectivity index (χ3v) is 3.32. The van der Waals surface area contributed by atoms with Crippen LogP contribution in [0.5, 0.6) is 0 Å². The first-order chi connectivity index (χ1) is 11.6. The fourth-order valence-corrected chi connectivity index (χ4v) is 1.91. The zero-order valence-corrected chi connectivity index (χ0v) is 13.6. The number of halogens is 1. The van der Waals surface area contributed by atoms with Crippen LogP contribution >= 0.6 is 0 Å². The Morgan fingerprint density at radius 2 is 1.83 bits per heavy atom. The number of hydrazone groups is 1. The monoisotopic (exact) mass is 321 g/mol. The molecule has 0 saturated carbocycles. The summed E-state index contributed by atoms with van der Waals surface area (Å²) in [6.45, 7) is 7.83. The molecule has 0 fully saturated rings. The summed E-state index contributed by atoms with van der Waals surface area (Å²) in [4.78, 5) is 0. The molecule has 0 heterocycles.